The molecule has 0 radical (unpaired) electrons. The van der Waals surface area contributed by atoms with Gasteiger partial charge in [-0.05, 0) is 53.1 Å². The van der Waals surface area contributed by atoms with Crippen molar-refractivity contribution in [2.24, 2.45) is 7.05 Å². The predicted octanol–water partition coefficient (Wildman–Crippen LogP) is 2.85. The molecule has 168 valence electrons. The number of anilines is 1. The molecule has 1 aliphatic carbocycles. The molecule has 1 N–H and O–H groups in total. The van der Waals surface area contributed by atoms with Gasteiger partial charge < -0.3 is 14.8 Å². The summed E-state index contributed by atoms with van der Waals surface area (Å²) in [6.45, 7) is 0. The van der Waals surface area contributed by atoms with Crippen LogP contribution in [0.25, 0.3) is 11.3 Å². The van der Waals surface area contributed by atoms with E-state index in [4.69, 9.17) is 11.6 Å². The summed E-state index contributed by atoms with van der Waals surface area (Å²) < 4.78 is 26.0. The molecule has 0 amide bonds. The van der Waals surface area contributed by atoms with Gasteiger partial charge in [-0.3, -0.25) is 4.79 Å². The standard InChI is InChI=1S/C24H21ClN4O3S/c1-28-8-7-19-15(13-33(2,31)32)9-14-12-29(18-5-3-16(25)4-6-18)20-10-17(11-26)27-23(21(14)20)22(19)24(28)30/h3-9,12,17,20,27H,10,13H2,1-2H3. The first-order chi connectivity index (χ1) is 15.7. The van der Waals surface area contributed by atoms with Crippen LogP contribution in [0.5, 0.6) is 0 Å². The monoisotopic (exact) mass is 480 g/mol. The zero-order valence-electron chi connectivity index (χ0n) is 18.0. The lowest BCUT2D eigenvalue weighted by Gasteiger charge is -2.34. The summed E-state index contributed by atoms with van der Waals surface area (Å²) in [5.41, 5.74) is 4.49. The molecule has 3 heterocycles. The number of aromatic nitrogens is 1. The Morgan fingerprint density at radius 3 is 2.64 bits per heavy atom. The number of aryl methyl sites for hydroxylation is 1. The van der Waals surface area contributed by atoms with Gasteiger partial charge in [-0.1, -0.05) is 11.6 Å². The Bertz CT molecular complexity index is 1480. The largest absolute Gasteiger partial charge is 0.369 e. The zero-order valence-corrected chi connectivity index (χ0v) is 19.6. The molecule has 7 nitrogen and oxygen atoms in total. The van der Waals surface area contributed by atoms with Gasteiger partial charge in [0.05, 0.1) is 29.1 Å². The topological polar surface area (TPSA) is 95.2 Å². The predicted molar refractivity (Wildman–Crippen MR) is 129 cm³/mol. The first-order valence-electron chi connectivity index (χ1n) is 10.4. The molecule has 2 atom stereocenters. The van der Waals surface area contributed by atoms with Gasteiger partial charge in [0, 0.05) is 48.4 Å². The molecule has 5 rings (SSSR count). The van der Waals surface area contributed by atoms with Crippen LogP contribution in [0, 0.1) is 11.3 Å². The summed E-state index contributed by atoms with van der Waals surface area (Å²) in [4.78, 5) is 15.4. The van der Waals surface area contributed by atoms with Crippen molar-refractivity contribution in [2.75, 3.05) is 16.9 Å². The van der Waals surface area contributed by atoms with Gasteiger partial charge in [0.2, 0.25) is 0 Å². The van der Waals surface area contributed by atoms with Gasteiger partial charge in [0.15, 0.2) is 9.84 Å². The maximum atomic E-state index is 13.3. The lowest BCUT2D eigenvalue weighted by molar-refractivity contribution is 0.568. The third-order valence-electron chi connectivity index (χ3n) is 6.20. The van der Waals surface area contributed by atoms with Gasteiger partial charge in [-0.25, -0.2) is 8.42 Å². The molecule has 0 spiro atoms. The highest BCUT2D eigenvalue weighted by Crippen LogP contribution is 2.45. The van der Waals surface area contributed by atoms with Crippen LogP contribution in [0.4, 0.5) is 5.69 Å². The summed E-state index contributed by atoms with van der Waals surface area (Å²) in [5.74, 6) is -0.196. The fraction of sp³-hybridized carbons (Fsp3) is 0.250. The van der Waals surface area contributed by atoms with Crippen LogP contribution in [0.1, 0.15) is 17.5 Å². The zero-order chi connectivity index (χ0) is 23.5. The molecule has 3 aliphatic rings. The Kier molecular flexibility index (Phi) is 5.00. The lowest BCUT2D eigenvalue weighted by atomic mass is 9.88. The van der Waals surface area contributed by atoms with Gasteiger partial charge in [0.25, 0.3) is 5.56 Å². The smallest absolute Gasteiger partial charge is 0.260 e. The van der Waals surface area contributed by atoms with E-state index in [2.05, 4.69) is 16.3 Å². The Morgan fingerprint density at radius 2 is 1.97 bits per heavy atom. The van der Waals surface area contributed by atoms with Crippen molar-refractivity contribution < 1.29 is 8.42 Å². The molecule has 0 bridgehead atoms. The van der Waals surface area contributed by atoms with Crippen molar-refractivity contribution in [3.63, 3.8) is 0 Å². The third kappa shape index (κ3) is 3.67. The number of hydrogen-bond donors (Lipinski definition) is 1. The molecule has 2 aliphatic heterocycles. The molecular weight excluding hydrogens is 460 g/mol. The number of sulfone groups is 1. The second-order valence-corrected chi connectivity index (χ2v) is 11.2. The number of benzene rings is 1. The van der Waals surface area contributed by atoms with Crippen LogP contribution in [-0.2, 0) is 16.9 Å². The highest BCUT2D eigenvalue weighted by Gasteiger charge is 2.41. The maximum Gasteiger partial charge on any atom is 0.260 e. The summed E-state index contributed by atoms with van der Waals surface area (Å²) in [7, 11) is -1.71. The number of nitriles is 1. The Balaban J connectivity index is 1.80. The molecule has 33 heavy (non-hydrogen) atoms. The van der Waals surface area contributed by atoms with Crippen LogP contribution < -0.4 is 15.8 Å². The van der Waals surface area contributed by atoms with Crippen molar-refractivity contribution in [1.82, 2.24) is 9.88 Å². The van der Waals surface area contributed by atoms with E-state index in [9.17, 15) is 18.5 Å². The fourth-order valence-electron chi connectivity index (χ4n) is 4.80. The van der Waals surface area contributed by atoms with Crippen molar-refractivity contribution >= 4 is 38.4 Å². The number of allylic oxidation sites excluding steroid dienone is 1. The van der Waals surface area contributed by atoms with Crippen molar-refractivity contribution in [3.8, 4) is 6.07 Å². The molecule has 2 unspecified atom stereocenters. The Morgan fingerprint density at radius 1 is 1.24 bits per heavy atom. The van der Waals surface area contributed by atoms with Crippen molar-refractivity contribution in [3.05, 3.63) is 86.5 Å². The second-order valence-electron chi connectivity index (χ2n) is 8.59. The number of nitrogens with one attached hydrogen (secondary N) is 1. The number of rotatable bonds is 3. The van der Waals surface area contributed by atoms with Crippen LogP contribution in [0.2, 0.25) is 5.02 Å². The normalized spacial score (nSPS) is 21.3. The highest BCUT2D eigenvalue weighted by atomic mass is 35.5. The average Bonchev–Trinajstić information content (AvgIpc) is 3.06. The van der Waals surface area contributed by atoms with Crippen LogP contribution in [-0.4, -0.2) is 37.1 Å². The summed E-state index contributed by atoms with van der Waals surface area (Å²) in [6.07, 6.45) is 7.15. The van der Waals surface area contributed by atoms with Crippen molar-refractivity contribution in [1.29, 1.82) is 5.26 Å². The SMILES string of the molecule is Cn1ccc2c(c1=O)C1=C3C(=CN(c4ccc(Cl)cc4)C3CC(C#N)N1)C=C2CS(C)(=O)=O. The van der Waals surface area contributed by atoms with E-state index < -0.39 is 15.9 Å². The molecule has 1 aromatic carbocycles. The molecular formula is C24H21ClN4O3S. The summed E-state index contributed by atoms with van der Waals surface area (Å²) >= 11 is 6.08. The Hall–Kier alpha value is -3.28. The first-order valence-corrected chi connectivity index (χ1v) is 12.8. The first kappa shape index (κ1) is 21.6. The van der Waals surface area contributed by atoms with E-state index in [1.807, 2.05) is 24.4 Å². The number of nitrogens with zero attached hydrogens (tertiary/aromatic N) is 3. The maximum absolute atomic E-state index is 13.3. The van der Waals surface area contributed by atoms with E-state index in [-0.39, 0.29) is 17.4 Å². The Labute approximate surface area is 196 Å². The minimum Gasteiger partial charge on any atom is -0.369 e. The molecule has 2 aromatic rings. The number of hydrogen-bond acceptors (Lipinski definition) is 6. The van der Waals surface area contributed by atoms with Crippen LogP contribution in [0.3, 0.4) is 0 Å². The minimum absolute atomic E-state index is 0.186. The van der Waals surface area contributed by atoms with E-state index in [0.717, 1.165) is 16.8 Å². The van der Waals surface area contributed by atoms with Crippen LogP contribution in [0.15, 0.2) is 64.7 Å². The summed E-state index contributed by atoms with van der Waals surface area (Å²) in [5, 5.41) is 13.7. The van der Waals surface area contributed by atoms with E-state index in [1.54, 1.807) is 31.4 Å². The quantitative estimate of drug-likeness (QED) is 0.725. The average molecular weight is 481 g/mol. The number of halogens is 1. The highest BCUT2D eigenvalue weighted by molar-refractivity contribution is 7.91. The van der Waals surface area contributed by atoms with E-state index >= 15 is 0 Å². The molecule has 0 saturated carbocycles. The summed E-state index contributed by atoms with van der Waals surface area (Å²) in [6, 6.07) is 10.8. The van der Waals surface area contributed by atoms with Gasteiger partial charge in [-0.15, -0.1) is 0 Å². The number of fused-ring (bicyclic) bond motifs is 2. The minimum atomic E-state index is -3.37. The third-order valence-corrected chi connectivity index (χ3v) is 7.28. The van der Waals surface area contributed by atoms with Gasteiger partial charge >= 0.3 is 0 Å². The van der Waals surface area contributed by atoms with Crippen molar-refractivity contribution in [2.45, 2.75) is 18.5 Å². The molecule has 0 saturated heterocycles. The molecule has 9 heteroatoms. The number of pyridine rings is 1. The van der Waals surface area contributed by atoms with Gasteiger partial charge in [0.1, 0.15) is 6.04 Å². The molecule has 0 fully saturated rings. The van der Waals surface area contributed by atoms with E-state index in [0.29, 0.717) is 33.8 Å². The van der Waals surface area contributed by atoms with Crippen LogP contribution >= 0.6 is 11.6 Å². The lowest BCUT2D eigenvalue weighted by Crippen LogP contribution is -2.43. The van der Waals surface area contributed by atoms with Gasteiger partial charge in [-0.2, -0.15) is 5.26 Å². The second kappa shape index (κ2) is 7.65. The molecule has 1 aromatic heterocycles. The fourth-order valence-corrected chi connectivity index (χ4v) is 5.73. The van der Waals surface area contributed by atoms with E-state index in [1.165, 1.54) is 10.8 Å².